The molecule has 1 aromatic rings. The highest BCUT2D eigenvalue weighted by Gasteiger charge is 2.29. The summed E-state index contributed by atoms with van der Waals surface area (Å²) in [6.45, 7) is 2.60. The van der Waals surface area contributed by atoms with Gasteiger partial charge in [0.15, 0.2) is 0 Å². The molecule has 0 aliphatic carbocycles. The third kappa shape index (κ3) is 4.27. The minimum absolute atomic E-state index is 0.106. The van der Waals surface area contributed by atoms with Crippen LogP contribution < -0.4 is 16.0 Å². The van der Waals surface area contributed by atoms with Gasteiger partial charge in [-0.15, -0.1) is 0 Å². The van der Waals surface area contributed by atoms with Gasteiger partial charge in [0.2, 0.25) is 11.8 Å². The normalized spacial score (nSPS) is 17.0. The summed E-state index contributed by atoms with van der Waals surface area (Å²) < 4.78 is 4.92. The largest absolute Gasteiger partial charge is 0.383 e. The van der Waals surface area contributed by atoms with E-state index in [4.69, 9.17) is 4.74 Å². The van der Waals surface area contributed by atoms with Crippen molar-refractivity contribution < 1.29 is 14.3 Å². The van der Waals surface area contributed by atoms with Crippen LogP contribution in [-0.4, -0.2) is 45.2 Å². The van der Waals surface area contributed by atoms with E-state index in [0.29, 0.717) is 19.7 Å². The van der Waals surface area contributed by atoms with E-state index >= 15 is 0 Å². The summed E-state index contributed by atoms with van der Waals surface area (Å²) in [6.07, 6.45) is 0.194. The van der Waals surface area contributed by atoms with Gasteiger partial charge in [-0.1, -0.05) is 18.2 Å². The van der Waals surface area contributed by atoms with Gasteiger partial charge >= 0.3 is 0 Å². The average Bonchev–Trinajstić information content (AvgIpc) is 2.49. The van der Waals surface area contributed by atoms with Crippen LogP contribution in [0.15, 0.2) is 24.3 Å². The summed E-state index contributed by atoms with van der Waals surface area (Å²) in [5.41, 5.74) is 1.61. The zero-order valence-electron chi connectivity index (χ0n) is 12.1. The fraction of sp³-hybridized carbons (Fsp3) is 0.467. The molecular formula is C15H21N3O3. The third-order valence-corrected chi connectivity index (χ3v) is 3.40. The van der Waals surface area contributed by atoms with E-state index in [9.17, 15) is 9.59 Å². The molecule has 0 radical (unpaired) electrons. The number of ether oxygens (including phenoxy) is 1. The third-order valence-electron chi connectivity index (χ3n) is 3.40. The van der Waals surface area contributed by atoms with Gasteiger partial charge in [0, 0.05) is 38.9 Å². The number of rotatable bonds is 7. The Balaban J connectivity index is 1.86. The molecule has 1 heterocycles. The van der Waals surface area contributed by atoms with Crippen LogP contribution in [-0.2, 0) is 14.3 Å². The van der Waals surface area contributed by atoms with Crippen LogP contribution in [0.25, 0.3) is 0 Å². The number of anilines is 1. The fourth-order valence-electron chi connectivity index (χ4n) is 2.34. The molecule has 6 nitrogen and oxygen atoms in total. The van der Waals surface area contributed by atoms with Crippen molar-refractivity contribution in [3.05, 3.63) is 29.8 Å². The first-order valence-electron chi connectivity index (χ1n) is 7.08. The lowest BCUT2D eigenvalue weighted by atomic mass is 9.90. The predicted molar refractivity (Wildman–Crippen MR) is 80.2 cm³/mol. The van der Waals surface area contributed by atoms with Crippen LogP contribution in [0.3, 0.4) is 0 Å². The summed E-state index contributed by atoms with van der Waals surface area (Å²) in [7, 11) is 1.65. The van der Waals surface area contributed by atoms with E-state index in [1.165, 1.54) is 0 Å². The van der Waals surface area contributed by atoms with Gasteiger partial charge in [0.05, 0.1) is 12.5 Å². The highest BCUT2D eigenvalue weighted by atomic mass is 16.5. The molecule has 21 heavy (non-hydrogen) atoms. The summed E-state index contributed by atoms with van der Waals surface area (Å²) in [5, 5.41) is 8.81. The van der Waals surface area contributed by atoms with E-state index in [1.54, 1.807) is 7.11 Å². The molecule has 114 valence electrons. The second kappa shape index (κ2) is 7.75. The zero-order chi connectivity index (χ0) is 15.1. The summed E-state index contributed by atoms with van der Waals surface area (Å²) >= 11 is 0. The van der Waals surface area contributed by atoms with Crippen LogP contribution in [0.5, 0.6) is 0 Å². The second-order valence-electron chi connectivity index (χ2n) is 4.93. The SMILES string of the molecule is COCCNCCNC(=O)C1CC(=O)Nc2ccccc21. The number of fused-ring (bicyclic) bond motifs is 1. The van der Waals surface area contributed by atoms with Crippen molar-refractivity contribution in [1.29, 1.82) is 0 Å². The quantitative estimate of drug-likeness (QED) is 0.638. The number of amides is 2. The predicted octanol–water partition coefficient (Wildman–Crippen LogP) is 0.465. The fourth-order valence-corrected chi connectivity index (χ4v) is 2.34. The maximum absolute atomic E-state index is 12.3. The number of para-hydroxylation sites is 1. The number of benzene rings is 1. The molecule has 1 aliphatic rings. The molecule has 2 rings (SSSR count). The Kier molecular flexibility index (Phi) is 5.71. The molecule has 1 atom stereocenters. The Hall–Kier alpha value is -1.92. The summed E-state index contributed by atoms with van der Waals surface area (Å²) in [6, 6.07) is 7.43. The minimum atomic E-state index is -0.408. The van der Waals surface area contributed by atoms with Crippen molar-refractivity contribution in [3.8, 4) is 0 Å². The van der Waals surface area contributed by atoms with Crippen LogP contribution in [0.4, 0.5) is 5.69 Å². The van der Waals surface area contributed by atoms with Gasteiger partial charge in [-0.05, 0) is 11.6 Å². The van der Waals surface area contributed by atoms with Gasteiger partial charge in [-0.25, -0.2) is 0 Å². The van der Waals surface area contributed by atoms with Crippen molar-refractivity contribution in [3.63, 3.8) is 0 Å². The molecule has 2 amide bonds. The number of nitrogens with one attached hydrogen (secondary N) is 3. The van der Waals surface area contributed by atoms with Gasteiger partial charge in [-0.2, -0.15) is 0 Å². The van der Waals surface area contributed by atoms with E-state index in [-0.39, 0.29) is 18.2 Å². The Morgan fingerprint density at radius 2 is 2.14 bits per heavy atom. The highest BCUT2D eigenvalue weighted by molar-refractivity contribution is 6.01. The van der Waals surface area contributed by atoms with Crippen LogP contribution in [0.1, 0.15) is 17.9 Å². The van der Waals surface area contributed by atoms with Crippen molar-refractivity contribution in [2.75, 3.05) is 38.7 Å². The lowest BCUT2D eigenvalue weighted by molar-refractivity contribution is -0.126. The molecule has 1 aliphatic heterocycles. The van der Waals surface area contributed by atoms with Crippen LogP contribution >= 0.6 is 0 Å². The molecule has 0 saturated heterocycles. The topological polar surface area (TPSA) is 79.5 Å². The first kappa shape index (κ1) is 15.5. The van der Waals surface area contributed by atoms with Gasteiger partial charge < -0.3 is 20.7 Å². The monoisotopic (exact) mass is 291 g/mol. The summed E-state index contributed by atoms with van der Waals surface area (Å²) in [4.78, 5) is 23.9. The van der Waals surface area contributed by atoms with E-state index in [2.05, 4.69) is 16.0 Å². The first-order valence-corrected chi connectivity index (χ1v) is 7.08. The molecule has 0 bridgehead atoms. The number of hydrogen-bond donors (Lipinski definition) is 3. The van der Waals surface area contributed by atoms with Gasteiger partial charge in [0.25, 0.3) is 0 Å². The number of carbonyl (C=O) groups is 2. The number of methoxy groups -OCH3 is 1. The Morgan fingerprint density at radius 3 is 2.95 bits per heavy atom. The lowest BCUT2D eigenvalue weighted by Gasteiger charge is -2.24. The maximum Gasteiger partial charge on any atom is 0.228 e. The maximum atomic E-state index is 12.3. The first-order chi connectivity index (χ1) is 10.2. The molecule has 6 heteroatoms. The van der Waals surface area contributed by atoms with Crippen molar-refractivity contribution in [2.24, 2.45) is 0 Å². The molecule has 0 aromatic heterocycles. The number of carbonyl (C=O) groups excluding carboxylic acids is 2. The minimum Gasteiger partial charge on any atom is -0.383 e. The van der Waals surface area contributed by atoms with Crippen LogP contribution in [0, 0.1) is 0 Å². The smallest absolute Gasteiger partial charge is 0.228 e. The van der Waals surface area contributed by atoms with E-state index in [0.717, 1.165) is 17.8 Å². The Bertz CT molecular complexity index is 505. The molecule has 0 fully saturated rings. The molecule has 1 unspecified atom stereocenters. The molecule has 1 aromatic carbocycles. The van der Waals surface area contributed by atoms with Gasteiger partial charge in [-0.3, -0.25) is 9.59 Å². The Labute approximate surface area is 124 Å². The molecular weight excluding hydrogens is 270 g/mol. The summed E-state index contributed by atoms with van der Waals surface area (Å²) in [5.74, 6) is -0.633. The van der Waals surface area contributed by atoms with E-state index < -0.39 is 5.92 Å². The van der Waals surface area contributed by atoms with Gasteiger partial charge in [0.1, 0.15) is 0 Å². The average molecular weight is 291 g/mol. The number of hydrogen-bond acceptors (Lipinski definition) is 4. The highest BCUT2D eigenvalue weighted by Crippen LogP contribution is 2.31. The molecule has 0 saturated carbocycles. The van der Waals surface area contributed by atoms with Crippen LogP contribution in [0.2, 0.25) is 0 Å². The molecule has 3 N–H and O–H groups in total. The van der Waals surface area contributed by atoms with Crippen molar-refractivity contribution in [1.82, 2.24) is 10.6 Å². The van der Waals surface area contributed by atoms with E-state index in [1.807, 2.05) is 24.3 Å². The Morgan fingerprint density at radius 1 is 1.33 bits per heavy atom. The van der Waals surface area contributed by atoms with Crippen molar-refractivity contribution in [2.45, 2.75) is 12.3 Å². The molecule has 0 spiro atoms. The second-order valence-corrected chi connectivity index (χ2v) is 4.93. The standard InChI is InChI=1S/C15H21N3O3/c1-21-9-8-16-6-7-17-15(20)12-10-14(19)18-13-5-3-2-4-11(12)13/h2-5,12,16H,6-10H2,1H3,(H,17,20)(H,18,19). The van der Waals surface area contributed by atoms with Crippen molar-refractivity contribution >= 4 is 17.5 Å². The zero-order valence-corrected chi connectivity index (χ0v) is 12.1. The lowest BCUT2D eigenvalue weighted by Crippen LogP contribution is -2.38.